The molecule has 15 heavy (non-hydrogen) atoms. The van der Waals surface area contributed by atoms with Crippen LogP contribution in [0.2, 0.25) is 0 Å². The molecule has 0 aliphatic carbocycles. The lowest BCUT2D eigenvalue weighted by molar-refractivity contribution is 0.0969. The maximum Gasteiger partial charge on any atom is 0.176 e. The Morgan fingerprint density at radius 1 is 1.40 bits per heavy atom. The summed E-state index contributed by atoms with van der Waals surface area (Å²) in [7, 11) is 0. The first kappa shape index (κ1) is 12.3. The van der Waals surface area contributed by atoms with Crippen LogP contribution in [-0.4, -0.2) is 15.4 Å². The van der Waals surface area contributed by atoms with Gasteiger partial charge in [0, 0.05) is 11.8 Å². The maximum atomic E-state index is 11.9. The molecule has 84 valence electrons. The Morgan fingerprint density at radius 2 is 2.00 bits per heavy atom. The molecule has 0 saturated heterocycles. The third-order valence-corrected chi connectivity index (χ3v) is 2.81. The van der Waals surface area contributed by atoms with Crippen LogP contribution < -0.4 is 0 Å². The van der Waals surface area contributed by atoms with Crippen molar-refractivity contribution < 1.29 is 4.79 Å². The van der Waals surface area contributed by atoms with Crippen LogP contribution in [0, 0.1) is 5.92 Å². The van der Waals surface area contributed by atoms with Crippen molar-refractivity contribution in [3.63, 3.8) is 0 Å². The molecule has 4 heteroatoms. The SMILES string of the molecule is CC(C)CC(=O)c1snnc1C(C)(C)C. The molecule has 1 rings (SSSR count). The van der Waals surface area contributed by atoms with E-state index in [4.69, 9.17) is 0 Å². The van der Waals surface area contributed by atoms with Crippen LogP contribution in [0.15, 0.2) is 0 Å². The zero-order valence-corrected chi connectivity index (χ0v) is 10.8. The highest BCUT2D eigenvalue weighted by Crippen LogP contribution is 2.27. The fraction of sp³-hybridized carbons (Fsp3) is 0.727. The van der Waals surface area contributed by atoms with Crippen LogP contribution in [0.3, 0.4) is 0 Å². The number of aromatic nitrogens is 2. The molecule has 3 nitrogen and oxygen atoms in total. The largest absolute Gasteiger partial charge is 0.293 e. The molecular weight excluding hydrogens is 208 g/mol. The second-order valence-corrected chi connectivity index (χ2v) is 5.98. The number of ketones is 1. The van der Waals surface area contributed by atoms with Crippen LogP contribution in [0.5, 0.6) is 0 Å². The van der Waals surface area contributed by atoms with Gasteiger partial charge in [0.1, 0.15) is 4.88 Å². The molecule has 0 aliphatic rings. The average molecular weight is 226 g/mol. The minimum atomic E-state index is -0.102. The van der Waals surface area contributed by atoms with Gasteiger partial charge in [-0.1, -0.05) is 39.1 Å². The van der Waals surface area contributed by atoms with E-state index in [1.807, 2.05) is 13.8 Å². The van der Waals surface area contributed by atoms with E-state index < -0.39 is 0 Å². The third-order valence-electron chi connectivity index (χ3n) is 2.05. The van der Waals surface area contributed by atoms with Gasteiger partial charge in [-0.15, -0.1) is 5.10 Å². The van der Waals surface area contributed by atoms with Crippen molar-refractivity contribution in [1.29, 1.82) is 0 Å². The van der Waals surface area contributed by atoms with Gasteiger partial charge < -0.3 is 0 Å². The molecule has 0 atom stereocenters. The average Bonchev–Trinajstić information content (AvgIpc) is 2.48. The Balaban J connectivity index is 2.96. The molecule has 0 aliphatic heterocycles. The van der Waals surface area contributed by atoms with Gasteiger partial charge in [0.2, 0.25) is 0 Å². The topological polar surface area (TPSA) is 42.9 Å². The molecule has 0 spiro atoms. The van der Waals surface area contributed by atoms with Crippen LogP contribution in [-0.2, 0) is 5.41 Å². The van der Waals surface area contributed by atoms with E-state index >= 15 is 0 Å². The smallest absolute Gasteiger partial charge is 0.176 e. The van der Waals surface area contributed by atoms with E-state index in [9.17, 15) is 4.79 Å². The summed E-state index contributed by atoms with van der Waals surface area (Å²) in [4.78, 5) is 12.6. The normalized spacial score (nSPS) is 12.1. The van der Waals surface area contributed by atoms with Gasteiger partial charge in [0.05, 0.1) is 5.69 Å². The van der Waals surface area contributed by atoms with E-state index in [0.29, 0.717) is 12.3 Å². The summed E-state index contributed by atoms with van der Waals surface area (Å²) in [5.41, 5.74) is 0.729. The highest BCUT2D eigenvalue weighted by Gasteiger charge is 2.26. The van der Waals surface area contributed by atoms with Crippen molar-refractivity contribution >= 4 is 17.3 Å². The lowest BCUT2D eigenvalue weighted by atomic mass is 9.90. The van der Waals surface area contributed by atoms with E-state index in [1.54, 1.807) is 0 Å². The molecular formula is C11H18N2OS. The molecule has 1 aromatic rings. The number of carbonyl (C=O) groups is 1. The second-order valence-electron chi connectivity index (χ2n) is 5.22. The minimum absolute atomic E-state index is 0.102. The summed E-state index contributed by atoms with van der Waals surface area (Å²) in [6, 6.07) is 0. The molecule has 0 unspecified atom stereocenters. The van der Waals surface area contributed by atoms with Gasteiger partial charge in [-0.3, -0.25) is 4.79 Å². The van der Waals surface area contributed by atoms with Crippen molar-refractivity contribution in [3.05, 3.63) is 10.6 Å². The Morgan fingerprint density at radius 3 is 2.47 bits per heavy atom. The Labute approximate surface area is 95.1 Å². The first-order valence-electron chi connectivity index (χ1n) is 5.18. The van der Waals surface area contributed by atoms with Gasteiger partial charge in [0.25, 0.3) is 0 Å². The summed E-state index contributed by atoms with van der Waals surface area (Å²) in [6.45, 7) is 10.2. The molecule has 1 heterocycles. The van der Waals surface area contributed by atoms with Crippen LogP contribution >= 0.6 is 11.5 Å². The fourth-order valence-corrected chi connectivity index (χ4v) is 2.15. The predicted octanol–water partition coefficient (Wildman–Crippen LogP) is 3.06. The van der Waals surface area contributed by atoms with Gasteiger partial charge in [0.15, 0.2) is 5.78 Å². The van der Waals surface area contributed by atoms with Crippen molar-refractivity contribution in [1.82, 2.24) is 9.59 Å². The number of Topliss-reactive ketones (excluding diaryl/α,β-unsaturated/α-hetero) is 1. The van der Waals surface area contributed by atoms with Crippen molar-refractivity contribution in [2.75, 3.05) is 0 Å². The first-order valence-corrected chi connectivity index (χ1v) is 5.95. The quantitative estimate of drug-likeness (QED) is 0.744. The standard InChI is InChI=1S/C11H18N2OS/c1-7(2)6-8(14)9-10(11(3,4)5)12-13-15-9/h7H,6H2,1-5H3. The summed E-state index contributed by atoms with van der Waals surface area (Å²) in [6.07, 6.45) is 0.576. The van der Waals surface area contributed by atoms with Crippen molar-refractivity contribution in [2.45, 2.75) is 46.5 Å². The van der Waals surface area contributed by atoms with Crippen LogP contribution in [0.25, 0.3) is 0 Å². The molecule has 0 saturated carbocycles. The summed E-state index contributed by atoms with van der Waals surface area (Å²) in [5.74, 6) is 0.553. The molecule has 0 bridgehead atoms. The molecule has 0 aromatic carbocycles. The van der Waals surface area contributed by atoms with Crippen LogP contribution in [0.4, 0.5) is 0 Å². The van der Waals surface area contributed by atoms with E-state index in [-0.39, 0.29) is 11.2 Å². The number of rotatable bonds is 3. The molecule has 1 aromatic heterocycles. The fourth-order valence-electron chi connectivity index (χ4n) is 1.33. The molecule has 0 radical (unpaired) electrons. The number of nitrogens with zero attached hydrogens (tertiary/aromatic N) is 2. The summed E-state index contributed by atoms with van der Waals surface area (Å²) < 4.78 is 3.89. The van der Waals surface area contributed by atoms with Crippen molar-refractivity contribution in [2.24, 2.45) is 5.92 Å². The minimum Gasteiger partial charge on any atom is -0.293 e. The monoisotopic (exact) mass is 226 g/mol. The summed E-state index contributed by atoms with van der Waals surface area (Å²) >= 11 is 1.22. The van der Waals surface area contributed by atoms with Gasteiger partial charge >= 0.3 is 0 Å². The maximum absolute atomic E-state index is 11.9. The second kappa shape index (κ2) is 4.39. The van der Waals surface area contributed by atoms with Gasteiger partial charge in [-0.05, 0) is 17.5 Å². The van der Waals surface area contributed by atoms with Gasteiger partial charge in [-0.25, -0.2) is 0 Å². The lowest BCUT2D eigenvalue weighted by Crippen LogP contribution is -2.16. The Kier molecular flexibility index (Phi) is 3.60. The van der Waals surface area contributed by atoms with Crippen molar-refractivity contribution in [3.8, 4) is 0 Å². The Hall–Kier alpha value is -0.770. The number of hydrogen-bond acceptors (Lipinski definition) is 4. The molecule has 0 amide bonds. The third kappa shape index (κ3) is 3.09. The van der Waals surface area contributed by atoms with Gasteiger partial charge in [-0.2, -0.15) is 0 Å². The number of carbonyl (C=O) groups excluding carboxylic acids is 1. The zero-order valence-electron chi connectivity index (χ0n) is 10.00. The lowest BCUT2D eigenvalue weighted by Gasteiger charge is -2.16. The molecule has 0 N–H and O–H groups in total. The van der Waals surface area contributed by atoms with E-state index in [2.05, 4.69) is 30.4 Å². The summed E-state index contributed by atoms with van der Waals surface area (Å²) in [5, 5.41) is 4.06. The molecule has 0 fully saturated rings. The number of hydrogen-bond donors (Lipinski definition) is 0. The first-order chi connectivity index (χ1) is 6.82. The van der Waals surface area contributed by atoms with Crippen LogP contribution in [0.1, 0.15) is 56.4 Å². The Bertz CT molecular complexity index is 350. The van der Waals surface area contributed by atoms with E-state index in [1.165, 1.54) is 11.5 Å². The highest BCUT2D eigenvalue weighted by molar-refractivity contribution is 7.08. The predicted molar refractivity (Wildman–Crippen MR) is 62.4 cm³/mol. The highest BCUT2D eigenvalue weighted by atomic mass is 32.1. The zero-order chi connectivity index (χ0) is 11.6. The van der Waals surface area contributed by atoms with E-state index in [0.717, 1.165) is 10.6 Å².